The molecule has 2 heterocycles. The normalized spacial score (nSPS) is 23.6. The molecule has 1 saturated heterocycles. The first-order valence-corrected chi connectivity index (χ1v) is 5.99. The van der Waals surface area contributed by atoms with Crippen LogP contribution in [0.1, 0.15) is 30.6 Å². The third-order valence-corrected chi connectivity index (χ3v) is 3.20. The van der Waals surface area contributed by atoms with Crippen molar-refractivity contribution < 1.29 is 9.53 Å². The van der Waals surface area contributed by atoms with Crippen molar-refractivity contribution in [3.05, 3.63) is 24.0 Å². The lowest BCUT2D eigenvalue weighted by atomic mass is 9.82. The molecule has 1 unspecified atom stereocenters. The van der Waals surface area contributed by atoms with Gasteiger partial charge in [-0.2, -0.15) is 0 Å². The van der Waals surface area contributed by atoms with Crippen LogP contribution < -0.4 is 10.1 Å². The lowest BCUT2D eigenvalue weighted by Gasteiger charge is -2.20. The molecule has 1 aliphatic heterocycles. The van der Waals surface area contributed by atoms with Gasteiger partial charge in [0.05, 0.1) is 12.8 Å². The quantitative estimate of drug-likeness (QED) is 0.805. The number of rotatable bonds is 4. The van der Waals surface area contributed by atoms with Gasteiger partial charge in [-0.1, -0.05) is 6.92 Å². The molecule has 1 aromatic heterocycles. The molecule has 17 heavy (non-hydrogen) atoms. The van der Waals surface area contributed by atoms with E-state index in [0.717, 1.165) is 19.5 Å². The van der Waals surface area contributed by atoms with Crippen LogP contribution >= 0.6 is 0 Å². The largest absolute Gasteiger partial charge is 0.492 e. The van der Waals surface area contributed by atoms with Gasteiger partial charge in [0.25, 0.3) is 0 Å². The third-order valence-electron chi connectivity index (χ3n) is 3.20. The van der Waals surface area contributed by atoms with Gasteiger partial charge in [-0.05, 0) is 26.0 Å². The fraction of sp³-hybridized carbons (Fsp3) is 0.538. The summed E-state index contributed by atoms with van der Waals surface area (Å²) in [6.45, 7) is 6.14. The van der Waals surface area contributed by atoms with Crippen LogP contribution in [0.3, 0.4) is 0 Å². The van der Waals surface area contributed by atoms with Crippen LogP contribution in [0.25, 0.3) is 0 Å². The highest BCUT2D eigenvalue weighted by Crippen LogP contribution is 2.29. The van der Waals surface area contributed by atoms with Gasteiger partial charge in [-0.15, -0.1) is 0 Å². The molecule has 1 fully saturated rings. The highest BCUT2D eigenvalue weighted by Gasteiger charge is 2.36. The van der Waals surface area contributed by atoms with E-state index in [9.17, 15) is 4.79 Å². The van der Waals surface area contributed by atoms with Gasteiger partial charge in [0, 0.05) is 23.7 Å². The monoisotopic (exact) mass is 234 g/mol. The summed E-state index contributed by atoms with van der Waals surface area (Å²) in [5, 5.41) is 3.23. The average molecular weight is 234 g/mol. The first-order valence-electron chi connectivity index (χ1n) is 5.99. The number of ketones is 1. The maximum Gasteiger partial charge on any atom is 0.171 e. The Hall–Kier alpha value is -1.42. The number of pyridine rings is 1. The van der Waals surface area contributed by atoms with Crippen LogP contribution in [0.15, 0.2) is 18.5 Å². The number of carbonyl (C=O) groups excluding carboxylic acids is 1. The first-order chi connectivity index (χ1) is 8.15. The van der Waals surface area contributed by atoms with Gasteiger partial charge < -0.3 is 10.1 Å². The molecule has 1 atom stereocenters. The van der Waals surface area contributed by atoms with E-state index in [2.05, 4.69) is 10.3 Å². The van der Waals surface area contributed by atoms with E-state index in [-0.39, 0.29) is 11.2 Å². The van der Waals surface area contributed by atoms with Crippen LogP contribution in [0.5, 0.6) is 5.75 Å². The molecule has 0 saturated carbocycles. The minimum Gasteiger partial charge on any atom is -0.492 e. The Labute approximate surface area is 101 Å². The van der Waals surface area contributed by atoms with Crippen molar-refractivity contribution in [3.63, 3.8) is 0 Å². The standard InChI is InChI=1S/C13H18N2O2/c1-3-17-11-6-10(7-15-8-11)12(16)13(2)4-5-14-9-13/h6-8,14H,3-5,9H2,1-2H3. The number of ether oxygens (including phenoxy) is 1. The predicted molar refractivity (Wildman–Crippen MR) is 65.3 cm³/mol. The van der Waals surface area contributed by atoms with E-state index in [0.29, 0.717) is 17.9 Å². The topological polar surface area (TPSA) is 51.2 Å². The minimum absolute atomic E-state index is 0.150. The van der Waals surface area contributed by atoms with Crippen molar-refractivity contribution >= 4 is 5.78 Å². The van der Waals surface area contributed by atoms with Crippen LogP contribution in [0.4, 0.5) is 0 Å². The summed E-state index contributed by atoms with van der Waals surface area (Å²) in [6.07, 6.45) is 4.13. The zero-order valence-corrected chi connectivity index (χ0v) is 10.3. The molecule has 0 bridgehead atoms. The summed E-state index contributed by atoms with van der Waals surface area (Å²) in [6, 6.07) is 1.78. The highest BCUT2D eigenvalue weighted by atomic mass is 16.5. The first kappa shape index (κ1) is 12.0. The molecular weight excluding hydrogens is 216 g/mol. The van der Waals surface area contributed by atoms with E-state index >= 15 is 0 Å². The number of carbonyl (C=O) groups is 1. The van der Waals surface area contributed by atoms with Crippen molar-refractivity contribution in [1.82, 2.24) is 10.3 Å². The molecule has 4 nitrogen and oxygen atoms in total. The maximum atomic E-state index is 12.4. The van der Waals surface area contributed by atoms with Gasteiger partial charge in [-0.25, -0.2) is 0 Å². The molecule has 0 spiro atoms. The van der Waals surface area contributed by atoms with Gasteiger partial charge in [0.2, 0.25) is 0 Å². The molecule has 0 amide bonds. The number of nitrogens with zero attached hydrogens (tertiary/aromatic N) is 1. The Morgan fingerprint density at radius 3 is 3.06 bits per heavy atom. The maximum absolute atomic E-state index is 12.4. The van der Waals surface area contributed by atoms with Crippen molar-refractivity contribution in [3.8, 4) is 5.75 Å². The summed E-state index contributed by atoms with van der Waals surface area (Å²) >= 11 is 0. The SMILES string of the molecule is CCOc1cncc(C(=O)C2(C)CCNC2)c1. The smallest absolute Gasteiger partial charge is 0.171 e. The molecule has 0 radical (unpaired) electrons. The Balaban J connectivity index is 2.21. The minimum atomic E-state index is -0.299. The number of hydrogen-bond donors (Lipinski definition) is 1. The van der Waals surface area contributed by atoms with Crippen LogP contribution in [-0.4, -0.2) is 30.5 Å². The van der Waals surface area contributed by atoms with Crippen molar-refractivity contribution in [2.45, 2.75) is 20.3 Å². The van der Waals surface area contributed by atoms with Gasteiger partial charge in [0.1, 0.15) is 5.75 Å². The fourth-order valence-electron chi connectivity index (χ4n) is 2.15. The van der Waals surface area contributed by atoms with Gasteiger partial charge in [-0.3, -0.25) is 9.78 Å². The summed E-state index contributed by atoms with van der Waals surface area (Å²) in [5.41, 5.74) is 0.342. The van der Waals surface area contributed by atoms with Crippen LogP contribution in [0.2, 0.25) is 0 Å². The number of hydrogen-bond acceptors (Lipinski definition) is 4. The zero-order valence-electron chi connectivity index (χ0n) is 10.3. The molecule has 1 aromatic rings. The Kier molecular flexibility index (Phi) is 3.43. The zero-order chi connectivity index (χ0) is 12.3. The van der Waals surface area contributed by atoms with Crippen molar-refractivity contribution in [2.24, 2.45) is 5.41 Å². The number of aromatic nitrogens is 1. The summed E-state index contributed by atoms with van der Waals surface area (Å²) in [4.78, 5) is 16.5. The second-order valence-electron chi connectivity index (χ2n) is 4.66. The summed E-state index contributed by atoms with van der Waals surface area (Å²) < 4.78 is 5.36. The van der Waals surface area contributed by atoms with Gasteiger partial charge in [0.15, 0.2) is 5.78 Å². The Morgan fingerprint density at radius 2 is 2.41 bits per heavy atom. The van der Waals surface area contributed by atoms with Crippen molar-refractivity contribution in [2.75, 3.05) is 19.7 Å². The van der Waals surface area contributed by atoms with Gasteiger partial charge >= 0.3 is 0 Å². The molecule has 1 aliphatic rings. The molecule has 92 valence electrons. The summed E-state index contributed by atoms with van der Waals surface area (Å²) in [5.74, 6) is 0.810. The lowest BCUT2D eigenvalue weighted by Crippen LogP contribution is -2.30. The second kappa shape index (κ2) is 4.84. The summed E-state index contributed by atoms with van der Waals surface area (Å²) in [7, 11) is 0. The molecule has 4 heteroatoms. The number of Topliss-reactive ketones (excluding diaryl/α,β-unsaturated/α-hetero) is 1. The molecule has 0 aromatic carbocycles. The fourth-order valence-corrected chi connectivity index (χ4v) is 2.15. The predicted octanol–water partition coefficient (Wildman–Crippen LogP) is 1.66. The van der Waals surface area contributed by atoms with E-state index in [1.807, 2.05) is 13.8 Å². The molecular formula is C13H18N2O2. The van der Waals surface area contributed by atoms with E-state index in [1.54, 1.807) is 18.5 Å². The van der Waals surface area contributed by atoms with E-state index in [4.69, 9.17) is 4.74 Å². The van der Waals surface area contributed by atoms with E-state index in [1.165, 1.54) is 0 Å². The van der Waals surface area contributed by atoms with Crippen molar-refractivity contribution in [1.29, 1.82) is 0 Å². The lowest BCUT2D eigenvalue weighted by molar-refractivity contribution is 0.0838. The highest BCUT2D eigenvalue weighted by molar-refractivity contribution is 6.00. The number of nitrogens with one attached hydrogen (secondary N) is 1. The Bertz CT molecular complexity index is 412. The van der Waals surface area contributed by atoms with E-state index < -0.39 is 0 Å². The molecule has 1 N–H and O–H groups in total. The van der Waals surface area contributed by atoms with Crippen LogP contribution in [0, 0.1) is 5.41 Å². The third kappa shape index (κ3) is 2.47. The molecule has 2 rings (SSSR count). The second-order valence-corrected chi connectivity index (χ2v) is 4.66. The molecule has 0 aliphatic carbocycles. The van der Waals surface area contributed by atoms with Crippen LogP contribution in [-0.2, 0) is 0 Å². The Morgan fingerprint density at radius 1 is 1.59 bits per heavy atom. The average Bonchev–Trinajstić information content (AvgIpc) is 2.77.